The Morgan fingerprint density at radius 2 is 2.15 bits per heavy atom. The molecule has 0 spiro atoms. The second-order valence-electron chi connectivity index (χ2n) is 2.97. The Kier molecular flexibility index (Phi) is 3.48. The third kappa shape index (κ3) is 2.84. The average molecular weight is 198 g/mol. The second kappa shape index (κ2) is 4.42. The smallest absolute Gasteiger partial charge is 0.150 e. The zero-order valence-corrected chi connectivity index (χ0v) is 8.40. The number of carbonyl (C=O) groups excluding carboxylic acids is 1. The highest BCUT2D eigenvalue weighted by molar-refractivity contribution is 7.99. The fraction of sp³-hybridized carbons (Fsp3) is 0.300. The fourth-order valence-electron chi connectivity index (χ4n) is 0.940. The van der Waals surface area contributed by atoms with Crippen LogP contribution in [-0.2, 0) is 0 Å². The second-order valence-corrected chi connectivity index (χ2v) is 4.59. The monoisotopic (exact) mass is 198 g/mol. The van der Waals surface area contributed by atoms with Crippen LogP contribution in [0.3, 0.4) is 0 Å². The molecule has 0 heterocycles. The van der Waals surface area contributed by atoms with Crippen molar-refractivity contribution >= 4 is 18.0 Å². The van der Waals surface area contributed by atoms with Crippen LogP contribution in [0.1, 0.15) is 24.2 Å². The summed E-state index contributed by atoms with van der Waals surface area (Å²) in [6, 6.07) is 4.53. The first-order chi connectivity index (χ1) is 6.13. The molecule has 13 heavy (non-hydrogen) atoms. The molecule has 0 atom stereocenters. The van der Waals surface area contributed by atoms with Crippen LogP contribution in [-0.4, -0.2) is 11.5 Å². The first kappa shape index (κ1) is 10.3. The molecule has 0 N–H and O–H groups in total. The first-order valence-electron chi connectivity index (χ1n) is 4.05. The highest BCUT2D eigenvalue weighted by atomic mass is 32.2. The van der Waals surface area contributed by atoms with E-state index in [-0.39, 0.29) is 5.82 Å². The number of halogens is 1. The minimum absolute atomic E-state index is 0.316. The summed E-state index contributed by atoms with van der Waals surface area (Å²) >= 11 is 1.45. The maximum absolute atomic E-state index is 13.2. The van der Waals surface area contributed by atoms with Gasteiger partial charge in [0.25, 0.3) is 0 Å². The van der Waals surface area contributed by atoms with Crippen molar-refractivity contribution in [2.45, 2.75) is 24.0 Å². The molecule has 0 aliphatic heterocycles. The van der Waals surface area contributed by atoms with E-state index in [2.05, 4.69) is 0 Å². The van der Waals surface area contributed by atoms with Crippen LogP contribution in [0.4, 0.5) is 4.39 Å². The van der Waals surface area contributed by atoms with Gasteiger partial charge in [-0.05, 0) is 12.1 Å². The van der Waals surface area contributed by atoms with Crippen molar-refractivity contribution in [2.24, 2.45) is 0 Å². The van der Waals surface area contributed by atoms with Crippen molar-refractivity contribution in [3.05, 3.63) is 29.6 Å². The van der Waals surface area contributed by atoms with E-state index < -0.39 is 0 Å². The Labute approximate surface area is 81.3 Å². The fourth-order valence-corrected chi connectivity index (χ4v) is 1.77. The van der Waals surface area contributed by atoms with Crippen LogP contribution in [0.25, 0.3) is 0 Å². The van der Waals surface area contributed by atoms with Crippen LogP contribution < -0.4 is 0 Å². The lowest BCUT2D eigenvalue weighted by atomic mass is 10.2. The molecule has 0 fully saturated rings. The van der Waals surface area contributed by atoms with Crippen LogP contribution in [0.2, 0.25) is 0 Å². The third-order valence-electron chi connectivity index (χ3n) is 1.45. The molecule has 3 heteroatoms. The largest absolute Gasteiger partial charge is 0.298 e. The number of rotatable bonds is 3. The summed E-state index contributed by atoms with van der Waals surface area (Å²) in [5.74, 6) is -0.316. The quantitative estimate of drug-likeness (QED) is 0.548. The Hall–Kier alpha value is -0.830. The predicted octanol–water partition coefficient (Wildman–Crippen LogP) is 3.14. The van der Waals surface area contributed by atoms with Gasteiger partial charge in [-0.1, -0.05) is 19.9 Å². The van der Waals surface area contributed by atoms with Gasteiger partial charge >= 0.3 is 0 Å². The zero-order chi connectivity index (χ0) is 9.84. The standard InChI is InChI=1S/C10H11FOS/c1-7(2)13-10-4-3-8(6-12)5-9(10)11/h3-7H,1-2H3. The van der Waals surface area contributed by atoms with E-state index in [9.17, 15) is 9.18 Å². The average Bonchev–Trinajstić information content (AvgIpc) is 2.08. The Balaban J connectivity index is 2.91. The van der Waals surface area contributed by atoms with Gasteiger partial charge in [-0.3, -0.25) is 4.79 Å². The van der Waals surface area contributed by atoms with E-state index in [1.165, 1.54) is 17.8 Å². The minimum atomic E-state index is -0.316. The van der Waals surface area contributed by atoms with Gasteiger partial charge in [0.1, 0.15) is 12.1 Å². The molecule has 1 aromatic rings. The number of carbonyl (C=O) groups is 1. The Bertz CT molecular complexity index is 310. The van der Waals surface area contributed by atoms with Gasteiger partial charge in [0, 0.05) is 15.7 Å². The normalized spacial score (nSPS) is 10.5. The van der Waals surface area contributed by atoms with Gasteiger partial charge < -0.3 is 0 Å². The molecule has 70 valence electrons. The molecule has 1 aromatic carbocycles. The number of thioether (sulfide) groups is 1. The van der Waals surface area contributed by atoms with Gasteiger partial charge in [0.05, 0.1) is 0 Å². The predicted molar refractivity (Wildman–Crippen MR) is 52.8 cm³/mol. The molecule has 0 aliphatic carbocycles. The lowest BCUT2D eigenvalue weighted by molar-refractivity contribution is 0.112. The lowest BCUT2D eigenvalue weighted by Gasteiger charge is -2.05. The molecule has 0 amide bonds. The lowest BCUT2D eigenvalue weighted by Crippen LogP contribution is -1.90. The number of hydrogen-bond donors (Lipinski definition) is 0. The SMILES string of the molecule is CC(C)Sc1ccc(C=O)cc1F. The number of benzene rings is 1. The van der Waals surface area contributed by atoms with Gasteiger partial charge in [0.15, 0.2) is 0 Å². The van der Waals surface area contributed by atoms with E-state index in [4.69, 9.17) is 0 Å². The van der Waals surface area contributed by atoms with Crippen LogP contribution >= 0.6 is 11.8 Å². The van der Waals surface area contributed by atoms with E-state index in [0.717, 1.165) is 0 Å². The van der Waals surface area contributed by atoms with Crippen LogP contribution in [0.5, 0.6) is 0 Å². The summed E-state index contributed by atoms with van der Waals surface area (Å²) < 4.78 is 13.2. The van der Waals surface area contributed by atoms with Gasteiger partial charge in [-0.15, -0.1) is 11.8 Å². The van der Waals surface area contributed by atoms with Gasteiger partial charge in [-0.2, -0.15) is 0 Å². The molecule has 0 aromatic heterocycles. The summed E-state index contributed by atoms with van der Waals surface area (Å²) in [7, 11) is 0. The van der Waals surface area contributed by atoms with Crippen molar-refractivity contribution in [3.8, 4) is 0 Å². The van der Waals surface area contributed by atoms with E-state index in [0.29, 0.717) is 22.0 Å². The van der Waals surface area contributed by atoms with Crippen molar-refractivity contribution < 1.29 is 9.18 Å². The van der Waals surface area contributed by atoms with Crippen LogP contribution in [0, 0.1) is 5.82 Å². The molecular formula is C10H11FOS. The molecule has 0 bridgehead atoms. The Morgan fingerprint density at radius 1 is 1.46 bits per heavy atom. The van der Waals surface area contributed by atoms with E-state index in [1.54, 1.807) is 12.1 Å². The summed E-state index contributed by atoms with van der Waals surface area (Å²) in [4.78, 5) is 10.9. The highest BCUT2D eigenvalue weighted by Crippen LogP contribution is 2.25. The molecule has 0 unspecified atom stereocenters. The summed E-state index contributed by atoms with van der Waals surface area (Å²) in [6.45, 7) is 4.00. The number of hydrogen-bond acceptors (Lipinski definition) is 2. The van der Waals surface area contributed by atoms with Gasteiger partial charge in [-0.25, -0.2) is 4.39 Å². The van der Waals surface area contributed by atoms with Crippen molar-refractivity contribution in [2.75, 3.05) is 0 Å². The molecule has 1 nitrogen and oxygen atoms in total. The molecule has 0 saturated carbocycles. The van der Waals surface area contributed by atoms with Crippen LogP contribution in [0.15, 0.2) is 23.1 Å². The van der Waals surface area contributed by atoms with Crippen molar-refractivity contribution in [1.29, 1.82) is 0 Å². The molecule has 1 rings (SSSR count). The first-order valence-corrected chi connectivity index (χ1v) is 4.93. The molecule has 0 aliphatic rings. The maximum atomic E-state index is 13.2. The van der Waals surface area contributed by atoms with E-state index in [1.807, 2.05) is 13.8 Å². The molecule has 0 radical (unpaired) electrons. The van der Waals surface area contributed by atoms with Crippen molar-refractivity contribution in [1.82, 2.24) is 0 Å². The van der Waals surface area contributed by atoms with Crippen molar-refractivity contribution in [3.63, 3.8) is 0 Å². The number of aldehydes is 1. The Morgan fingerprint density at radius 3 is 2.62 bits per heavy atom. The molecular weight excluding hydrogens is 187 g/mol. The molecule has 0 saturated heterocycles. The zero-order valence-electron chi connectivity index (χ0n) is 7.58. The highest BCUT2D eigenvalue weighted by Gasteiger charge is 2.05. The summed E-state index contributed by atoms with van der Waals surface area (Å²) in [5, 5.41) is 0.344. The summed E-state index contributed by atoms with van der Waals surface area (Å²) in [6.07, 6.45) is 0.646. The topological polar surface area (TPSA) is 17.1 Å². The minimum Gasteiger partial charge on any atom is -0.298 e. The summed E-state index contributed by atoms with van der Waals surface area (Å²) in [5.41, 5.74) is 0.380. The maximum Gasteiger partial charge on any atom is 0.150 e. The third-order valence-corrected chi connectivity index (χ3v) is 2.51. The van der Waals surface area contributed by atoms with E-state index >= 15 is 0 Å². The van der Waals surface area contributed by atoms with Gasteiger partial charge in [0.2, 0.25) is 0 Å².